The highest BCUT2D eigenvalue weighted by molar-refractivity contribution is 5.41. The maximum atomic E-state index is 10.3. The van der Waals surface area contributed by atoms with Crippen LogP contribution in [-0.4, -0.2) is 22.2 Å². The van der Waals surface area contributed by atoms with E-state index in [-0.39, 0.29) is 0 Å². The Balaban J connectivity index is 2.23. The number of ether oxygens (including phenoxy) is 1. The second-order valence-corrected chi connectivity index (χ2v) is 5.03. The van der Waals surface area contributed by atoms with Crippen LogP contribution in [0.4, 0.5) is 0 Å². The Bertz CT molecular complexity index is 594. The van der Waals surface area contributed by atoms with Gasteiger partial charge in [0, 0.05) is 35.6 Å². The molecule has 0 bridgehead atoms. The van der Waals surface area contributed by atoms with Crippen molar-refractivity contribution in [1.82, 2.24) is 9.97 Å². The van der Waals surface area contributed by atoms with Crippen LogP contribution in [0.5, 0.6) is 5.75 Å². The summed E-state index contributed by atoms with van der Waals surface area (Å²) in [5.74, 6) is 0.832. The maximum absolute atomic E-state index is 10.3. The lowest BCUT2D eigenvalue weighted by molar-refractivity contribution is 0.172. The molecule has 106 valence electrons. The lowest BCUT2D eigenvalue weighted by Crippen LogP contribution is -2.08. The zero-order valence-corrected chi connectivity index (χ0v) is 12.3. The van der Waals surface area contributed by atoms with E-state index in [9.17, 15) is 5.11 Å². The predicted octanol–water partition coefficient (Wildman–Crippen LogP) is 2.69. The van der Waals surface area contributed by atoms with Gasteiger partial charge in [0.05, 0.1) is 12.8 Å². The maximum Gasteiger partial charge on any atom is 0.128 e. The van der Waals surface area contributed by atoms with Crippen molar-refractivity contribution in [2.75, 3.05) is 7.11 Å². The summed E-state index contributed by atoms with van der Waals surface area (Å²) in [4.78, 5) is 8.66. The SMILES string of the molecule is COc1c(C)cnc(CC(O)c2ccc(C)cn2)c1C. The standard InChI is InChI=1S/C16H20N2O2/c1-10-5-6-13(17-8-10)15(19)7-14-12(3)16(20-4)11(2)9-18-14/h5-6,8-9,15,19H,7H2,1-4H3. The molecule has 1 unspecified atom stereocenters. The summed E-state index contributed by atoms with van der Waals surface area (Å²) < 4.78 is 5.38. The average Bonchev–Trinajstić information content (AvgIpc) is 2.43. The Morgan fingerprint density at radius 2 is 1.90 bits per heavy atom. The van der Waals surface area contributed by atoms with Crippen molar-refractivity contribution in [2.45, 2.75) is 33.3 Å². The van der Waals surface area contributed by atoms with E-state index in [4.69, 9.17) is 4.74 Å². The zero-order valence-electron chi connectivity index (χ0n) is 12.3. The molecule has 0 radical (unpaired) electrons. The van der Waals surface area contributed by atoms with E-state index >= 15 is 0 Å². The van der Waals surface area contributed by atoms with Crippen LogP contribution in [0.3, 0.4) is 0 Å². The Morgan fingerprint density at radius 1 is 1.15 bits per heavy atom. The molecule has 2 aromatic heterocycles. The van der Waals surface area contributed by atoms with E-state index in [2.05, 4.69) is 9.97 Å². The van der Waals surface area contributed by atoms with Gasteiger partial charge in [-0.2, -0.15) is 0 Å². The van der Waals surface area contributed by atoms with Crippen molar-refractivity contribution >= 4 is 0 Å². The third-order valence-corrected chi connectivity index (χ3v) is 3.41. The summed E-state index contributed by atoms with van der Waals surface area (Å²) in [6, 6.07) is 3.79. The highest BCUT2D eigenvalue weighted by Gasteiger charge is 2.15. The first-order valence-electron chi connectivity index (χ1n) is 6.62. The van der Waals surface area contributed by atoms with Gasteiger partial charge in [0.25, 0.3) is 0 Å². The van der Waals surface area contributed by atoms with Gasteiger partial charge in [0.2, 0.25) is 0 Å². The summed E-state index contributed by atoms with van der Waals surface area (Å²) in [7, 11) is 1.65. The molecule has 0 amide bonds. The Kier molecular flexibility index (Phi) is 4.35. The lowest BCUT2D eigenvalue weighted by Gasteiger charge is -2.15. The van der Waals surface area contributed by atoms with Crippen LogP contribution >= 0.6 is 0 Å². The van der Waals surface area contributed by atoms with Crippen LogP contribution in [0.2, 0.25) is 0 Å². The number of pyridine rings is 2. The molecule has 0 aliphatic carbocycles. The largest absolute Gasteiger partial charge is 0.496 e. The summed E-state index contributed by atoms with van der Waals surface area (Å²) in [5, 5.41) is 10.3. The van der Waals surface area contributed by atoms with E-state index in [1.165, 1.54) is 0 Å². The predicted molar refractivity (Wildman–Crippen MR) is 77.9 cm³/mol. The number of hydrogen-bond donors (Lipinski definition) is 1. The summed E-state index contributed by atoms with van der Waals surface area (Å²) in [6.45, 7) is 5.89. The van der Waals surface area contributed by atoms with Crippen molar-refractivity contribution in [2.24, 2.45) is 0 Å². The fraction of sp³-hybridized carbons (Fsp3) is 0.375. The molecule has 0 fully saturated rings. The van der Waals surface area contributed by atoms with Gasteiger partial charge in [-0.25, -0.2) is 0 Å². The lowest BCUT2D eigenvalue weighted by atomic mass is 10.0. The van der Waals surface area contributed by atoms with Crippen LogP contribution in [0.15, 0.2) is 24.5 Å². The zero-order chi connectivity index (χ0) is 14.7. The molecule has 2 aromatic rings. The number of aryl methyl sites for hydroxylation is 2. The number of hydrogen-bond acceptors (Lipinski definition) is 4. The molecule has 0 aliphatic heterocycles. The molecule has 0 saturated heterocycles. The van der Waals surface area contributed by atoms with E-state index in [0.29, 0.717) is 12.1 Å². The normalized spacial score (nSPS) is 12.2. The number of aliphatic hydroxyl groups is 1. The first-order chi connectivity index (χ1) is 9.52. The molecule has 4 heteroatoms. The number of methoxy groups -OCH3 is 1. The minimum Gasteiger partial charge on any atom is -0.496 e. The van der Waals surface area contributed by atoms with Gasteiger partial charge in [-0.1, -0.05) is 6.07 Å². The van der Waals surface area contributed by atoms with Crippen LogP contribution in [0.25, 0.3) is 0 Å². The molecule has 4 nitrogen and oxygen atoms in total. The summed E-state index contributed by atoms with van der Waals surface area (Å²) >= 11 is 0. The summed E-state index contributed by atoms with van der Waals surface area (Å²) in [6.07, 6.45) is 3.30. The Morgan fingerprint density at radius 3 is 2.50 bits per heavy atom. The molecule has 1 atom stereocenters. The van der Waals surface area contributed by atoms with Gasteiger partial charge in [-0.05, 0) is 32.4 Å². The topological polar surface area (TPSA) is 55.2 Å². The van der Waals surface area contributed by atoms with Crippen molar-refractivity contribution in [1.29, 1.82) is 0 Å². The molecule has 2 heterocycles. The van der Waals surface area contributed by atoms with Crippen molar-refractivity contribution < 1.29 is 9.84 Å². The van der Waals surface area contributed by atoms with Gasteiger partial charge >= 0.3 is 0 Å². The van der Waals surface area contributed by atoms with E-state index in [1.807, 2.05) is 32.9 Å². The van der Waals surface area contributed by atoms with Crippen LogP contribution in [0, 0.1) is 20.8 Å². The molecule has 0 aromatic carbocycles. The molecule has 1 N–H and O–H groups in total. The van der Waals surface area contributed by atoms with Gasteiger partial charge in [0.15, 0.2) is 0 Å². The first kappa shape index (κ1) is 14.5. The molecule has 20 heavy (non-hydrogen) atoms. The van der Waals surface area contributed by atoms with Gasteiger partial charge in [-0.3, -0.25) is 9.97 Å². The van der Waals surface area contributed by atoms with Crippen molar-refractivity contribution in [3.63, 3.8) is 0 Å². The second kappa shape index (κ2) is 6.01. The van der Waals surface area contributed by atoms with Crippen molar-refractivity contribution in [3.05, 3.63) is 52.6 Å². The molecule has 0 spiro atoms. The van der Waals surface area contributed by atoms with Crippen LogP contribution in [-0.2, 0) is 6.42 Å². The number of aliphatic hydroxyl groups excluding tert-OH is 1. The molecule has 0 saturated carbocycles. The third-order valence-electron chi connectivity index (χ3n) is 3.41. The van der Waals surface area contributed by atoms with Gasteiger partial charge in [0.1, 0.15) is 11.9 Å². The smallest absolute Gasteiger partial charge is 0.128 e. The monoisotopic (exact) mass is 272 g/mol. The molecule has 0 aliphatic rings. The number of rotatable bonds is 4. The summed E-state index contributed by atoms with van der Waals surface area (Å²) in [5.41, 5.74) is 4.54. The van der Waals surface area contributed by atoms with Crippen LogP contribution in [0.1, 0.15) is 34.2 Å². The van der Waals surface area contributed by atoms with E-state index < -0.39 is 6.10 Å². The first-order valence-corrected chi connectivity index (χ1v) is 6.62. The van der Waals surface area contributed by atoms with E-state index in [0.717, 1.165) is 28.1 Å². The highest BCUT2D eigenvalue weighted by atomic mass is 16.5. The fourth-order valence-electron chi connectivity index (χ4n) is 2.24. The highest BCUT2D eigenvalue weighted by Crippen LogP contribution is 2.26. The quantitative estimate of drug-likeness (QED) is 0.929. The number of aromatic nitrogens is 2. The second-order valence-electron chi connectivity index (χ2n) is 5.03. The third kappa shape index (κ3) is 2.96. The van der Waals surface area contributed by atoms with E-state index in [1.54, 1.807) is 19.5 Å². The Hall–Kier alpha value is -1.94. The number of nitrogens with zero attached hydrogens (tertiary/aromatic N) is 2. The Labute approximate surface area is 119 Å². The van der Waals surface area contributed by atoms with Crippen LogP contribution < -0.4 is 4.74 Å². The fourth-order valence-corrected chi connectivity index (χ4v) is 2.24. The minimum atomic E-state index is -0.658. The molecular weight excluding hydrogens is 252 g/mol. The van der Waals surface area contributed by atoms with Gasteiger partial charge < -0.3 is 9.84 Å². The minimum absolute atomic E-state index is 0.429. The average molecular weight is 272 g/mol. The molecule has 2 rings (SSSR count). The molecular formula is C16H20N2O2. The van der Waals surface area contributed by atoms with Gasteiger partial charge in [-0.15, -0.1) is 0 Å². The van der Waals surface area contributed by atoms with Crippen molar-refractivity contribution in [3.8, 4) is 5.75 Å².